The van der Waals surface area contributed by atoms with Gasteiger partial charge in [-0.15, -0.1) is 11.3 Å². The predicted molar refractivity (Wildman–Crippen MR) is 70.1 cm³/mol. The molecule has 78 valence electrons. The summed E-state index contributed by atoms with van der Waals surface area (Å²) in [6.45, 7) is 0. The molecule has 0 aliphatic carbocycles. The second kappa shape index (κ2) is 3.89. The third kappa shape index (κ3) is 1.70. The van der Waals surface area contributed by atoms with E-state index in [1.54, 1.807) is 11.3 Å². The fraction of sp³-hybridized carbons (Fsp3) is 0. The molecule has 1 aromatic heterocycles. The molecule has 1 heterocycles. The van der Waals surface area contributed by atoms with Gasteiger partial charge in [0.15, 0.2) is 0 Å². The summed E-state index contributed by atoms with van der Waals surface area (Å²) in [6, 6.07) is 16.0. The molecule has 0 spiro atoms. The molecular weight excluding hydrogens is 238 g/mol. The van der Waals surface area contributed by atoms with E-state index in [0.29, 0.717) is 0 Å². The normalized spacial score (nSPS) is 10.8. The Hall–Kier alpha value is -1.38. The molecule has 0 bridgehead atoms. The number of fused-ring (bicyclic) bond motifs is 1. The molecule has 0 aliphatic heterocycles. The molecule has 1 nitrogen and oxygen atoms in total. The van der Waals surface area contributed by atoms with Crippen molar-refractivity contribution in [3.63, 3.8) is 0 Å². The molecular formula is C13H8ClNS. The fourth-order valence-electron chi connectivity index (χ4n) is 1.60. The zero-order valence-corrected chi connectivity index (χ0v) is 9.92. The zero-order valence-electron chi connectivity index (χ0n) is 8.35. The number of benzene rings is 2. The lowest BCUT2D eigenvalue weighted by Gasteiger charge is -1.92. The van der Waals surface area contributed by atoms with Crippen molar-refractivity contribution < 1.29 is 0 Å². The number of aromatic nitrogens is 1. The minimum absolute atomic E-state index is 0.760. The van der Waals surface area contributed by atoms with Crippen molar-refractivity contribution in [2.75, 3.05) is 0 Å². The zero-order chi connectivity index (χ0) is 11.0. The maximum absolute atomic E-state index is 5.95. The van der Waals surface area contributed by atoms with Crippen LogP contribution >= 0.6 is 22.9 Å². The third-order valence-electron chi connectivity index (χ3n) is 2.37. The van der Waals surface area contributed by atoms with Crippen molar-refractivity contribution in [1.29, 1.82) is 0 Å². The van der Waals surface area contributed by atoms with Crippen LogP contribution in [0.25, 0.3) is 20.8 Å². The summed E-state index contributed by atoms with van der Waals surface area (Å²) >= 11 is 7.62. The Bertz CT molecular complexity index is 631. The van der Waals surface area contributed by atoms with Gasteiger partial charge in [0.25, 0.3) is 0 Å². The van der Waals surface area contributed by atoms with Gasteiger partial charge in [0, 0.05) is 10.6 Å². The van der Waals surface area contributed by atoms with Gasteiger partial charge in [0.1, 0.15) is 5.01 Å². The molecule has 0 aliphatic rings. The first kappa shape index (κ1) is 9.82. The van der Waals surface area contributed by atoms with Gasteiger partial charge in [-0.2, -0.15) is 0 Å². The predicted octanol–water partition coefficient (Wildman–Crippen LogP) is 4.62. The van der Waals surface area contributed by atoms with E-state index in [1.165, 1.54) is 0 Å². The summed E-state index contributed by atoms with van der Waals surface area (Å²) in [6.07, 6.45) is 0. The SMILES string of the molecule is Clc1ccc2nc(-c3ccccc3)sc2c1. The lowest BCUT2D eigenvalue weighted by atomic mass is 10.2. The largest absolute Gasteiger partial charge is 0.236 e. The van der Waals surface area contributed by atoms with E-state index in [4.69, 9.17) is 11.6 Å². The van der Waals surface area contributed by atoms with Crippen molar-refractivity contribution in [3.05, 3.63) is 53.6 Å². The Balaban J connectivity index is 2.19. The van der Waals surface area contributed by atoms with Crippen LogP contribution in [-0.4, -0.2) is 4.98 Å². The number of nitrogens with zero attached hydrogens (tertiary/aromatic N) is 1. The molecule has 3 rings (SSSR count). The smallest absolute Gasteiger partial charge is 0.124 e. The number of hydrogen-bond donors (Lipinski definition) is 0. The quantitative estimate of drug-likeness (QED) is 0.610. The van der Waals surface area contributed by atoms with Crippen molar-refractivity contribution in [2.24, 2.45) is 0 Å². The Morgan fingerprint density at radius 1 is 1.00 bits per heavy atom. The summed E-state index contributed by atoms with van der Waals surface area (Å²) in [5.41, 5.74) is 2.16. The molecule has 0 fully saturated rings. The molecule has 0 amide bonds. The number of rotatable bonds is 1. The Morgan fingerprint density at radius 3 is 2.62 bits per heavy atom. The highest BCUT2D eigenvalue weighted by Gasteiger charge is 2.05. The number of hydrogen-bond acceptors (Lipinski definition) is 2. The van der Waals surface area contributed by atoms with Crippen LogP contribution in [0.5, 0.6) is 0 Å². The second-order valence-electron chi connectivity index (χ2n) is 3.50. The van der Waals surface area contributed by atoms with Crippen molar-refractivity contribution in [2.45, 2.75) is 0 Å². The molecule has 0 atom stereocenters. The van der Waals surface area contributed by atoms with E-state index in [9.17, 15) is 0 Å². The van der Waals surface area contributed by atoms with Crippen LogP contribution in [-0.2, 0) is 0 Å². The second-order valence-corrected chi connectivity index (χ2v) is 4.96. The van der Waals surface area contributed by atoms with E-state index < -0.39 is 0 Å². The summed E-state index contributed by atoms with van der Waals surface area (Å²) < 4.78 is 1.13. The average molecular weight is 246 g/mol. The van der Waals surface area contributed by atoms with E-state index >= 15 is 0 Å². The fourth-order valence-corrected chi connectivity index (χ4v) is 2.85. The molecule has 0 N–H and O–H groups in total. The van der Waals surface area contributed by atoms with Crippen molar-refractivity contribution in [3.8, 4) is 10.6 Å². The highest BCUT2D eigenvalue weighted by atomic mass is 35.5. The van der Waals surface area contributed by atoms with E-state index in [0.717, 1.165) is 25.8 Å². The van der Waals surface area contributed by atoms with E-state index in [-0.39, 0.29) is 0 Å². The lowest BCUT2D eigenvalue weighted by molar-refractivity contribution is 1.48. The van der Waals surface area contributed by atoms with Gasteiger partial charge in [0.05, 0.1) is 10.2 Å². The maximum Gasteiger partial charge on any atom is 0.124 e. The average Bonchev–Trinajstić information content (AvgIpc) is 2.73. The summed E-state index contributed by atoms with van der Waals surface area (Å²) in [5.74, 6) is 0. The minimum atomic E-state index is 0.760. The Labute approximate surface area is 102 Å². The molecule has 3 aromatic rings. The summed E-state index contributed by atoms with van der Waals surface area (Å²) in [7, 11) is 0. The molecule has 16 heavy (non-hydrogen) atoms. The molecule has 0 unspecified atom stereocenters. The van der Waals surface area contributed by atoms with Gasteiger partial charge >= 0.3 is 0 Å². The highest BCUT2D eigenvalue weighted by molar-refractivity contribution is 7.21. The van der Waals surface area contributed by atoms with Gasteiger partial charge in [-0.1, -0.05) is 41.9 Å². The number of halogens is 1. The molecule has 2 aromatic carbocycles. The first-order valence-corrected chi connectivity index (χ1v) is 6.14. The monoisotopic (exact) mass is 245 g/mol. The third-order valence-corrected chi connectivity index (χ3v) is 3.67. The first-order valence-electron chi connectivity index (χ1n) is 4.94. The van der Waals surface area contributed by atoms with Gasteiger partial charge in [-0.25, -0.2) is 4.98 Å². The van der Waals surface area contributed by atoms with Crippen LogP contribution in [0.4, 0.5) is 0 Å². The molecule has 0 saturated heterocycles. The first-order chi connectivity index (χ1) is 7.83. The van der Waals surface area contributed by atoms with Crippen LogP contribution in [0, 0.1) is 0 Å². The van der Waals surface area contributed by atoms with E-state index in [1.807, 2.05) is 36.4 Å². The minimum Gasteiger partial charge on any atom is -0.236 e. The molecule has 3 heteroatoms. The Morgan fingerprint density at radius 2 is 1.81 bits per heavy atom. The summed E-state index contributed by atoms with van der Waals surface area (Å²) in [4.78, 5) is 4.58. The van der Waals surface area contributed by atoms with Crippen molar-refractivity contribution in [1.82, 2.24) is 4.98 Å². The van der Waals surface area contributed by atoms with Crippen LogP contribution in [0.2, 0.25) is 5.02 Å². The topological polar surface area (TPSA) is 12.9 Å². The lowest BCUT2D eigenvalue weighted by Crippen LogP contribution is -1.73. The maximum atomic E-state index is 5.95. The molecule has 0 radical (unpaired) electrons. The van der Waals surface area contributed by atoms with Crippen LogP contribution in [0.15, 0.2) is 48.5 Å². The number of thiazole rings is 1. The summed E-state index contributed by atoms with van der Waals surface area (Å²) in [5, 5.41) is 1.80. The van der Waals surface area contributed by atoms with Crippen LogP contribution in [0.1, 0.15) is 0 Å². The standard InChI is InChI=1S/C13H8ClNS/c14-10-6-7-11-12(8-10)16-13(15-11)9-4-2-1-3-5-9/h1-8H. The van der Waals surface area contributed by atoms with Gasteiger partial charge in [-0.3, -0.25) is 0 Å². The van der Waals surface area contributed by atoms with E-state index in [2.05, 4.69) is 17.1 Å². The molecule has 0 saturated carbocycles. The van der Waals surface area contributed by atoms with Gasteiger partial charge in [0.2, 0.25) is 0 Å². The van der Waals surface area contributed by atoms with Crippen LogP contribution < -0.4 is 0 Å². The Kier molecular flexibility index (Phi) is 2.39. The van der Waals surface area contributed by atoms with Gasteiger partial charge in [-0.05, 0) is 18.2 Å². The highest BCUT2D eigenvalue weighted by Crippen LogP contribution is 2.31. The van der Waals surface area contributed by atoms with Gasteiger partial charge < -0.3 is 0 Å². The van der Waals surface area contributed by atoms with Crippen LogP contribution in [0.3, 0.4) is 0 Å². The van der Waals surface area contributed by atoms with Crippen molar-refractivity contribution >= 4 is 33.2 Å².